The maximum Gasteiger partial charge on any atom is 0.289 e. The Bertz CT molecular complexity index is 1430. The summed E-state index contributed by atoms with van der Waals surface area (Å²) in [5, 5.41) is 14.0. The van der Waals surface area contributed by atoms with Crippen LogP contribution in [0.3, 0.4) is 0 Å². The fourth-order valence-corrected chi connectivity index (χ4v) is 4.50. The number of nitrogens with zero attached hydrogens (tertiary/aromatic N) is 3. The third-order valence-electron chi connectivity index (χ3n) is 4.92. The van der Waals surface area contributed by atoms with Gasteiger partial charge in [-0.15, -0.1) is 0 Å². The molecule has 1 N–H and O–H groups in total. The second-order valence-electron chi connectivity index (χ2n) is 7.10. The zero-order chi connectivity index (χ0) is 23.5. The van der Waals surface area contributed by atoms with Crippen molar-refractivity contribution in [1.29, 1.82) is 0 Å². The molecule has 0 bridgehead atoms. The number of rotatable bonds is 6. The van der Waals surface area contributed by atoms with Gasteiger partial charge in [-0.3, -0.25) is 24.3 Å². The van der Waals surface area contributed by atoms with Gasteiger partial charge < -0.3 is 5.32 Å². The maximum absolute atomic E-state index is 13.3. The molecule has 0 spiro atoms. The lowest BCUT2D eigenvalue weighted by atomic mass is 10.1. The molecule has 33 heavy (non-hydrogen) atoms. The molecule has 0 aliphatic carbocycles. The number of hydrogen-bond donors (Lipinski definition) is 1. The summed E-state index contributed by atoms with van der Waals surface area (Å²) in [5.74, 6) is -0.426. The van der Waals surface area contributed by atoms with Crippen LogP contribution in [0.25, 0.3) is 10.9 Å². The van der Waals surface area contributed by atoms with E-state index in [0.717, 1.165) is 11.8 Å². The fourth-order valence-electron chi connectivity index (χ4n) is 3.25. The Morgan fingerprint density at radius 2 is 1.82 bits per heavy atom. The Labute approximate surface area is 197 Å². The molecule has 0 radical (unpaired) electrons. The lowest BCUT2D eigenvalue weighted by Crippen LogP contribution is -2.23. The number of fused-ring (bicyclic) bond motifs is 1. The van der Waals surface area contributed by atoms with Crippen molar-refractivity contribution in [3.8, 4) is 0 Å². The largest absolute Gasteiger partial charge is 0.325 e. The molecule has 0 fully saturated rings. The first-order chi connectivity index (χ1) is 15.8. The van der Waals surface area contributed by atoms with Crippen molar-refractivity contribution in [2.45, 2.75) is 10.4 Å². The van der Waals surface area contributed by atoms with Crippen molar-refractivity contribution >= 4 is 51.5 Å². The van der Waals surface area contributed by atoms with E-state index in [1.54, 1.807) is 55.6 Å². The summed E-state index contributed by atoms with van der Waals surface area (Å²) < 4.78 is 1.41. The van der Waals surface area contributed by atoms with Crippen LogP contribution in [-0.4, -0.2) is 20.4 Å². The first kappa shape index (κ1) is 22.5. The lowest BCUT2D eigenvalue weighted by molar-refractivity contribution is -0.384. The van der Waals surface area contributed by atoms with E-state index in [2.05, 4.69) is 10.3 Å². The summed E-state index contributed by atoms with van der Waals surface area (Å²) in [6.45, 7) is 0. The van der Waals surface area contributed by atoms with Crippen molar-refractivity contribution in [3.05, 3.63) is 104 Å². The molecule has 3 aromatic carbocycles. The monoisotopic (exact) mass is 480 g/mol. The minimum Gasteiger partial charge on any atom is -0.325 e. The van der Waals surface area contributed by atoms with E-state index in [-0.39, 0.29) is 22.0 Å². The highest BCUT2D eigenvalue weighted by Crippen LogP contribution is 2.36. The highest BCUT2D eigenvalue weighted by molar-refractivity contribution is 8.00. The second-order valence-corrected chi connectivity index (χ2v) is 8.58. The van der Waals surface area contributed by atoms with Gasteiger partial charge in [-0.05, 0) is 29.8 Å². The maximum atomic E-state index is 13.3. The summed E-state index contributed by atoms with van der Waals surface area (Å²) in [6, 6.07) is 20.1. The third kappa shape index (κ3) is 4.74. The van der Waals surface area contributed by atoms with Crippen LogP contribution in [0.2, 0.25) is 5.02 Å². The molecule has 1 heterocycles. The number of hydrogen-bond acceptors (Lipinski definition) is 6. The number of aromatic nitrogens is 2. The number of benzene rings is 3. The molecule has 0 saturated heterocycles. The molecule has 4 rings (SSSR count). The number of amides is 1. The van der Waals surface area contributed by atoms with Gasteiger partial charge >= 0.3 is 0 Å². The Hall–Kier alpha value is -3.69. The molecular formula is C23H17ClN4O4S. The van der Waals surface area contributed by atoms with Crippen LogP contribution in [0.4, 0.5) is 11.4 Å². The molecule has 0 aliphatic heterocycles. The minimum atomic E-state index is -0.778. The third-order valence-corrected chi connectivity index (χ3v) is 6.53. The van der Waals surface area contributed by atoms with Crippen LogP contribution >= 0.6 is 23.4 Å². The van der Waals surface area contributed by atoms with Gasteiger partial charge in [-0.1, -0.05) is 65.8 Å². The topological polar surface area (TPSA) is 107 Å². The van der Waals surface area contributed by atoms with Crippen LogP contribution in [0.1, 0.15) is 10.8 Å². The van der Waals surface area contributed by atoms with Gasteiger partial charge in [0.05, 0.1) is 15.8 Å². The predicted molar refractivity (Wildman–Crippen MR) is 129 cm³/mol. The van der Waals surface area contributed by atoms with Crippen LogP contribution in [0.5, 0.6) is 0 Å². The molecule has 1 amide bonds. The first-order valence-corrected chi connectivity index (χ1v) is 11.0. The van der Waals surface area contributed by atoms with E-state index in [9.17, 15) is 19.7 Å². The molecule has 1 atom stereocenters. The average molecular weight is 481 g/mol. The number of anilines is 1. The zero-order valence-corrected chi connectivity index (χ0v) is 18.8. The van der Waals surface area contributed by atoms with E-state index in [4.69, 9.17) is 11.6 Å². The predicted octanol–water partition coefficient (Wildman–Crippen LogP) is 4.97. The van der Waals surface area contributed by atoms with Gasteiger partial charge in [0, 0.05) is 18.8 Å². The highest BCUT2D eigenvalue weighted by atomic mass is 35.5. The van der Waals surface area contributed by atoms with Gasteiger partial charge in [-0.25, -0.2) is 4.98 Å². The van der Waals surface area contributed by atoms with E-state index in [0.29, 0.717) is 21.6 Å². The van der Waals surface area contributed by atoms with Gasteiger partial charge in [0.2, 0.25) is 5.91 Å². The highest BCUT2D eigenvalue weighted by Gasteiger charge is 2.25. The van der Waals surface area contributed by atoms with E-state index < -0.39 is 16.1 Å². The van der Waals surface area contributed by atoms with Crippen molar-refractivity contribution < 1.29 is 9.72 Å². The van der Waals surface area contributed by atoms with Crippen LogP contribution in [-0.2, 0) is 11.8 Å². The average Bonchev–Trinajstić information content (AvgIpc) is 2.82. The van der Waals surface area contributed by atoms with Crippen molar-refractivity contribution in [3.63, 3.8) is 0 Å². The normalized spacial score (nSPS) is 11.8. The molecule has 4 aromatic rings. The quantitative estimate of drug-likeness (QED) is 0.181. The fraction of sp³-hybridized carbons (Fsp3) is 0.0870. The molecule has 1 aromatic heterocycles. The molecule has 0 aliphatic rings. The summed E-state index contributed by atoms with van der Waals surface area (Å²) in [7, 11) is 1.60. The number of nitro groups is 1. The van der Waals surface area contributed by atoms with E-state index in [1.165, 1.54) is 22.8 Å². The molecular weight excluding hydrogens is 464 g/mol. The Morgan fingerprint density at radius 1 is 1.12 bits per heavy atom. The van der Waals surface area contributed by atoms with Gasteiger partial charge in [-0.2, -0.15) is 0 Å². The standard InChI is InChI=1S/C23H17ClN4O4S/c1-27-22(30)16-9-5-6-10-18(16)26-23(27)33-20(14-7-3-2-4-8-14)21(29)25-15-11-12-17(24)19(13-15)28(31)32/h2-13,20H,1H3,(H,25,29)/t20-/m1/s1. The Morgan fingerprint density at radius 3 is 2.55 bits per heavy atom. The zero-order valence-electron chi connectivity index (χ0n) is 17.3. The van der Waals surface area contributed by atoms with Gasteiger partial charge in [0.25, 0.3) is 11.2 Å². The van der Waals surface area contributed by atoms with Crippen molar-refractivity contribution in [2.24, 2.45) is 7.05 Å². The number of carbonyl (C=O) groups excluding carboxylic acids is 1. The number of halogens is 1. The molecule has 0 unspecified atom stereocenters. The molecule has 10 heteroatoms. The van der Waals surface area contributed by atoms with Crippen LogP contribution in [0.15, 0.2) is 82.7 Å². The number of nitrogens with one attached hydrogen (secondary N) is 1. The summed E-state index contributed by atoms with van der Waals surface area (Å²) in [4.78, 5) is 41.2. The van der Waals surface area contributed by atoms with Crippen LogP contribution < -0.4 is 10.9 Å². The number of para-hydroxylation sites is 1. The summed E-state index contributed by atoms with van der Waals surface area (Å²) in [5.41, 5.74) is 0.924. The smallest absolute Gasteiger partial charge is 0.289 e. The van der Waals surface area contributed by atoms with E-state index >= 15 is 0 Å². The van der Waals surface area contributed by atoms with Gasteiger partial charge in [0.1, 0.15) is 10.3 Å². The molecule has 8 nitrogen and oxygen atoms in total. The second kappa shape index (κ2) is 9.43. The van der Waals surface area contributed by atoms with Crippen molar-refractivity contribution in [2.75, 3.05) is 5.32 Å². The Balaban J connectivity index is 1.71. The summed E-state index contributed by atoms with van der Waals surface area (Å²) >= 11 is 6.99. The minimum absolute atomic E-state index is 0.0256. The van der Waals surface area contributed by atoms with E-state index in [1.807, 2.05) is 6.07 Å². The van der Waals surface area contributed by atoms with Crippen LogP contribution in [0, 0.1) is 10.1 Å². The number of carbonyl (C=O) groups is 1. The lowest BCUT2D eigenvalue weighted by Gasteiger charge is -2.18. The first-order valence-electron chi connectivity index (χ1n) is 9.77. The number of thioether (sulfide) groups is 1. The molecule has 0 saturated carbocycles. The number of nitro benzene ring substituents is 1. The van der Waals surface area contributed by atoms with Crippen molar-refractivity contribution in [1.82, 2.24) is 9.55 Å². The SMILES string of the molecule is Cn1c(S[C@@H](C(=O)Nc2ccc(Cl)c([N+](=O)[O-])c2)c2ccccc2)nc2ccccc2c1=O. The molecule has 166 valence electrons. The summed E-state index contributed by atoms with van der Waals surface area (Å²) in [6.07, 6.45) is 0. The Kier molecular flexibility index (Phi) is 6.43. The van der Waals surface area contributed by atoms with Gasteiger partial charge in [0.15, 0.2) is 5.16 Å².